The van der Waals surface area contributed by atoms with Crippen molar-refractivity contribution >= 4 is 16.9 Å². The summed E-state index contributed by atoms with van der Waals surface area (Å²) in [6.45, 7) is 1.46. The predicted molar refractivity (Wildman–Crippen MR) is 71.1 cm³/mol. The van der Waals surface area contributed by atoms with Crippen molar-refractivity contribution in [3.8, 4) is 0 Å². The lowest BCUT2D eigenvalue weighted by molar-refractivity contribution is 0.0762. The Balaban J connectivity index is 1.76. The minimum Gasteiger partial charge on any atom is -0.451 e. The standard InChI is InChI=1S/C14H16N2O3/c1-18-13-8-15-7-10(13)16-14(17)12-6-9-4-2-3-5-11(9)19-12/h2-6,10,13,15H,7-8H2,1H3,(H,16,17)/t10?,13-/m0/s1. The Morgan fingerprint density at radius 1 is 1.42 bits per heavy atom. The van der Waals surface area contributed by atoms with Crippen LogP contribution in [0.1, 0.15) is 10.6 Å². The van der Waals surface area contributed by atoms with E-state index in [0.29, 0.717) is 12.3 Å². The van der Waals surface area contributed by atoms with E-state index in [1.807, 2.05) is 24.3 Å². The average molecular weight is 260 g/mol. The molecule has 5 heteroatoms. The number of rotatable bonds is 3. The van der Waals surface area contributed by atoms with Crippen LogP contribution >= 0.6 is 0 Å². The maximum atomic E-state index is 12.1. The summed E-state index contributed by atoms with van der Waals surface area (Å²) in [4.78, 5) is 12.1. The van der Waals surface area contributed by atoms with Gasteiger partial charge in [0.2, 0.25) is 0 Å². The molecule has 3 rings (SSSR count). The quantitative estimate of drug-likeness (QED) is 0.869. The second-order valence-electron chi connectivity index (χ2n) is 4.66. The molecular weight excluding hydrogens is 244 g/mol. The van der Waals surface area contributed by atoms with E-state index in [0.717, 1.165) is 17.5 Å². The van der Waals surface area contributed by atoms with E-state index in [4.69, 9.17) is 9.15 Å². The van der Waals surface area contributed by atoms with E-state index in [2.05, 4.69) is 10.6 Å². The molecule has 1 aromatic carbocycles. The number of carbonyl (C=O) groups excluding carboxylic acids is 1. The van der Waals surface area contributed by atoms with Gasteiger partial charge in [0, 0.05) is 25.6 Å². The molecule has 2 heterocycles. The highest BCUT2D eigenvalue weighted by molar-refractivity contribution is 5.96. The third-order valence-corrected chi connectivity index (χ3v) is 3.43. The lowest BCUT2D eigenvalue weighted by Crippen LogP contribution is -2.43. The summed E-state index contributed by atoms with van der Waals surface area (Å²) in [7, 11) is 1.65. The van der Waals surface area contributed by atoms with Gasteiger partial charge in [0.25, 0.3) is 5.91 Å². The SMILES string of the molecule is CO[C@H]1CNCC1NC(=O)c1cc2ccccc2o1. The summed E-state index contributed by atoms with van der Waals surface area (Å²) in [6, 6.07) is 9.31. The van der Waals surface area contributed by atoms with Gasteiger partial charge in [-0.2, -0.15) is 0 Å². The summed E-state index contributed by atoms with van der Waals surface area (Å²) < 4.78 is 10.8. The molecule has 0 saturated carbocycles. The number of benzene rings is 1. The summed E-state index contributed by atoms with van der Waals surface area (Å²) in [5, 5.41) is 7.05. The maximum absolute atomic E-state index is 12.1. The molecule has 1 aromatic heterocycles. The van der Waals surface area contributed by atoms with E-state index < -0.39 is 0 Å². The molecule has 0 bridgehead atoms. The van der Waals surface area contributed by atoms with E-state index in [9.17, 15) is 4.79 Å². The summed E-state index contributed by atoms with van der Waals surface area (Å²) >= 11 is 0. The van der Waals surface area contributed by atoms with Crippen LogP contribution in [0, 0.1) is 0 Å². The fourth-order valence-corrected chi connectivity index (χ4v) is 2.38. The second kappa shape index (κ2) is 5.03. The van der Waals surface area contributed by atoms with Crippen LogP contribution in [-0.4, -0.2) is 38.3 Å². The van der Waals surface area contributed by atoms with Crippen molar-refractivity contribution in [2.45, 2.75) is 12.1 Å². The zero-order valence-corrected chi connectivity index (χ0v) is 10.7. The normalized spacial score (nSPS) is 22.8. The van der Waals surface area contributed by atoms with Crippen LogP contribution in [0.15, 0.2) is 34.7 Å². The van der Waals surface area contributed by atoms with Crippen molar-refractivity contribution in [1.82, 2.24) is 10.6 Å². The molecule has 1 amide bonds. The average Bonchev–Trinajstić information content (AvgIpc) is 3.03. The molecule has 2 N–H and O–H groups in total. The van der Waals surface area contributed by atoms with Gasteiger partial charge < -0.3 is 19.8 Å². The molecule has 19 heavy (non-hydrogen) atoms. The number of carbonyl (C=O) groups is 1. The van der Waals surface area contributed by atoms with Gasteiger partial charge in [0.1, 0.15) is 5.58 Å². The Morgan fingerprint density at radius 2 is 2.26 bits per heavy atom. The van der Waals surface area contributed by atoms with Crippen LogP contribution in [0.5, 0.6) is 0 Å². The molecule has 0 radical (unpaired) electrons. The van der Waals surface area contributed by atoms with E-state index in [1.54, 1.807) is 13.2 Å². The number of nitrogens with one attached hydrogen (secondary N) is 2. The van der Waals surface area contributed by atoms with E-state index in [1.165, 1.54) is 0 Å². The zero-order valence-electron chi connectivity index (χ0n) is 10.7. The van der Waals surface area contributed by atoms with Crippen LogP contribution in [0.25, 0.3) is 11.0 Å². The van der Waals surface area contributed by atoms with Crippen molar-refractivity contribution < 1.29 is 13.9 Å². The smallest absolute Gasteiger partial charge is 0.287 e. The van der Waals surface area contributed by atoms with Gasteiger partial charge in [-0.3, -0.25) is 4.79 Å². The summed E-state index contributed by atoms with van der Waals surface area (Å²) in [5.41, 5.74) is 0.723. The first-order valence-corrected chi connectivity index (χ1v) is 6.31. The zero-order chi connectivity index (χ0) is 13.2. The Morgan fingerprint density at radius 3 is 3.05 bits per heavy atom. The molecular formula is C14H16N2O3. The highest BCUT2D eigenvalue weighted by Gasteiger charge is 2.29. The van der Waals surface area contributed by atoms with Crippen molar-refractivity contribution in [3.63, 3.8) is 0 Å². The Bertz CT molecular complexity index is 560. The topological polar surface area (TPSA) is 63.5 Å². The molecule has 1 aliphatic heterocycles. The lowest BCUT2D eigenvalue weighted by atomic mass is 10.2. The number of ether oxygens (including phenoxy) is 1. The molecule has 100 valence electrons. The number of furan rings is 1. The predicted octanol–water partition coefficient (Wildman–Crippen LogP) is 1.15. The van der Waals surface area contributed by atoms with Crippen LogP contribution in [0.4, 0.5) is 0 Å². The molecule has 5 nitrogen and oxygen atoms in total. The third-order valence-electron chi connectivity index (χ3n) is 3.43. The van der Waals surface area contributed by atoms with Gasteiger partial charge in [0.05, 0.1) is 12.1 Å². The number of amides is 1. The Kier molecular flexibility index (Phi) is 3.23. The first-order valence-electron chi connectivity index (χ1n) is 6.31. The Hall–Kier alpha value is -1.85. The lowest BCUT2D eigenvalue weighted by Gasteiger charge is -2.17. The van der Waals surface area contributed by atoms with Crippen molar-refractivity contribution in [2.75, 3.05) is 20.2 Å². The molecule has 1 aliphatic rings. The molecule has 2 aromatic rings. The minimum absolute atomic E-state index is 0.00771. The molecule has 0 spiro atoms. The summed E-state index contributed by atoms with van der Waals surface area (Å²) in [6.07, 6.45) is 0.00771. The number of hydrogen-bond acceptors (Lipinski definition) is 4. The Labute approximate surface area is 110 Å². The second-order valence-corrected chi connectivity index (χ2v) is 4.66. The highest BCUT2D eigenvalue weighted by Crippen LogP contribution is 2.19. The number of fused-ring (bicyclic) bond motifs is 1. The van der Waals surface area contributed by atoms with Gasteiger partial charge in [-0.1, -0.05) is 18.2 Å². The first kappa shape index (κ1) is 12.2. The first-order chi connectivity index (χ1) is 9.28. The molecule has 2 atom stereocenters. The molecule has 0 aliphatic carbocycles. The van der Waals surface area contributed by atoms with Gasteiger partial charge in [-0.25, -0.2) is 0 Å². The van der Waals surface area contributed by atoms with Gasteiger partial charge in [0.15, 0.2) is 5.76 Å². The number of methoxy groups -OCH3 is 1. The van der Waals surface area contributed by atoms with Gasteiger partial charge >= 0.3 is 0 Å². The van der Waals surface area contributed by atoms with Crippen LogP contribution in [-0.2, 0) is 4.74 Å². The van der Waals surface area contributed by atoms with Crippen LogP contribution in [0.2, 0.25) is 0 Å². The number of para-hydroxylation sites is 1. The van der Waals surface area contributed by atoms with Crippen molar-refractivity contribution in [2.24, 2.45) is 0 Å². The van der Waals surface area contributed by atoms with Crippen LogP contribution < -0.4 is 10.6 Å². The van der Waals surface area contributed by atoms with Gasteiger partial charge in [-0.05, 0) is 12.1 Å². The molecule has 1 saturated heterocycles. The van der Waals surface area contributed by atoms with Crippen LogP contribution in [0.3, 0.4) is 0 Å². The van der Waals surface area contributed by atoms with Crippen molar-refractivity contribution in [3.05, 3.63) is 36.1 Å². The van der Waals surface area contributed by atoms with E-state index >= 15 is 0 Å². The number of hydrogen-bond donors (Lipinski definition) is 2. The monoisotopic (exact) mass is 260 g/mol. The fourth-order valence-electron chi connectivity index (χ4n) is 2.38. The van der Waals surface area contributed by atoms with Gasteiger partial charge in [-0.15, -0.1) is 0 Å². The van der Waals surface area contributed by atoms with E-state index in [-0.39, 0.29) is 18.1 Å². The molecule has 1 unspecified atom stereocenters. The highest BCUT2D eigenvalue weighted by atomic mass is 16.5. The molecule has 1 fully saturated rings. The maximum Gasteiger partial charge on any atom is 0.287 e. The minimum atomic E-state index is -0.202. The summed E-state index contributed by atoms with van der Waals surface area (Å²) in [5.74, 6) is 0.134. The fraction of sp³-hybridized carbons (Fsp3) is 0.357. The van der Waals surface area contributed by atoms with Crippen molar-refractivity contribution in [1.29, 1.82) is 0 Å². The largest absolute Gasteiger partial charge is 0.451 e. The third kappa shape index (κ3) is 2.34.